The van der Waals surface area contributed by atoms with Crippen molar-refractivity contribution in [2.75, 3.05) is 0 Å². The average molecular weight is 439 g/mol. The van der Waals surface area contributed by atoms with Gasteiger partial charge in [-0.3, -0.25) is 4.79 Å². The maximum atomic E-state index is 12.9. The lowest BCUT2D eigenvalue weighted by molar-refractivity contribution is -0.228. The first-order valence-electron chi connectivity index (χ1n) is 14.2. The van der Waals surface area contributed by atoms with Gasteiger partial charge in [-0.1, -0.05) is 66.0 Å². The number of rotatable bonds is 1. The number of fused-ring (bicyclic) bond motifs is 7. The molecule has 5 saturated carbocycles. The van der Waals surface area contributed by atoms with E-state index in [0.717, 1.165) is 42.4 Å². The van der Waals surface area contributed by atoms with Crippen molar-refractivity contribution in [1.29, 1.82) is 0 Å². The van der Waals surface area contributed by atoms with Gasteiger partial charge in [-0.25, -0.2) is 0 Å². The van der Waals surface area contributed by atoms with Crippen LogP contribution >= 0.6 is 0 Å². The quantitative estimate of drug-likeness (QED) is 0.374. The molecule has 1 nitrogen and oxygen atoms in total. The first kappa shape index (κ1) is 23.2. The SMILES string of the molecule is C=C(C)[C@@H]1CCCC[C@H]2CC[C@]3(C)C(CC[C@@H]4[C@@]5(C)CCC(=O)C(C)(C)C5CC[C@]43C)[C@H]21. The maximum Gasteiger partial charge on any atom is 0.138 e. The molecule has 0 aromatic rings. The number of allylic oxidation sites excluding steroid dienone is 1. The Morgan fingerprint density at radius 1 is 0.812 bits per heavy atom. The highest BCUT2D eigenvalue weighted by Gasteiger charge is 2.68. The van der Waals surface area contributed by atoms with E-state index in [9.17, 15) is 4.79 Å². The molecule has 0 N–H and O–H groups in total. The molecule has 0 aromatic heterocycles. The van der Waals surface area contributed by atoms with Crippen molar-refractivity contribution < 1.29 is 4.79 Å². The summed E-state index contributed by atoms with van der Waals surface area (Å²) in [5.74, 6) is 5.34. The predicted octanol–water partition coefficient (Wildman–Crippen LogP) is 8.62. The highest BCUT2D eigenvalue weighted by atomic mass is 16.1. The van der Waals surface area contributed by atoms with Crippen LogP contribution in [0.5, 0.6) is 0 Å². The molecule has 1 heteroatoms. The van der Waals surface area contributed by atoms with Gasteiger partial charge in [0.2, 0.25) is 0 Å². The molecule has 0 heterocycles. The number of hydrogen-bond donors (Lipinski definition) is 0. The molecular formula is C31H50O. The molecule has 5 rings (SSSR count). The molecule has 2 unspecified atom stereocenters. The van der Waals surface area contributed by atoms with Crippen molar-refractivity contribution in [3.05, 3.63) is 12.2 Å². The summed E-state index contributed by atoms with van der Waals surface area (Å²) in [6.07, 6.45) is 16.0. The van der Waals surface area contributed by atoms with Gasteiger partial charge < -0.3 is 0 Å². The largest absolute Gasteiger partial charge is 0.299 e. The Hall–Kier alpha value is -0.590. The number of Topliss-reactive ketones (excluding diaryl/α,β-unsaturated/α-hetero) is 1. The summed E-state index contributed by atoms with van der Waals surface area (Å²) in [5.41, 5.74) is 2.56. The summed E-state index contributed by atoms with van der Waals surface area (Å²) in [6.45, 7) is 19.5. The Kier molecular flexibility index (Phi) is 5.39. The molecule has 0 bridgehead atoms. The molecule has 0 radical (unpaired) electrons. The van der Waals surface area contributed by atoms with Crippen LogP contribution in [0.4, 0.5) is 0 Å². The monoisotopic (exact) mass is 438 g/mol. The summed E-state index contributed by atoms with van der Waals surface area (Å²) in [5, 5.41) is 0. The van der Waals surface area contributed by atoms with Gasteiger partial charge in [0.05, 0.1) is 0 Å². The second-order valence-electron chi connectivity index (χ2n) is 14.4. The molecule has 32 heavy (non-hydrogen) atoms. The Morgan fingerprint density at radius 2 is 1.50 bits per heavy atom. The van der Waals surface area contributed by atoms with Crippen molar-refractivity contribution in [2.45, 2.75) is 119 Å². The lowest BCUT2D eigenvalue weighted by Gasteiger charge is -2.72. The van der Waals surface area contributed by atoms with Crippen LogP contribution in [0.2, 0.25) is 0 Å². The van der Waals surface area contributed by atoms with Crippen LogP contribution in [-0.4, -0.2) is 5.78 Å². The summed E-state index contributed by atoms with van der Waals surface area (Å²) < 4.78 is 0. The lowest BCUT2D eigenvalue weighted by atomic mass is 9.33. The van der Waals surface area contributed by atoms with Gasteiger partial charge in [-0.2, -0.15) is 0 Å². The summed E-state index contributed by atoms with van der Waals surface area (Å²) in [7, 11) is 0. The van der Waals surface area contributed by atoms with Crippen molar-refractivity contribution in [1.82, 2.24) is 0 Å². The number of ketones is 1. The minimum atomic E-state index is -0.129. The molecule has 5 aliphatic rings. The topological polar surface area (TPSA) is 17.1 Å². The van der Waals surface area contributed by atoms with E-state index in [0.29, 0.717) is 27.9 Å². The highest BCUT2D eigenvalue weighted by molar-refractivity contribution is 5.85. The van der Waals surface area contributed by atoms with E-state index in [1.165, 1.54) is 69.8 Å². The van der Waals surface area contributed by atoms with Crippen molar-refractivity contribution in [2.24, 2.45) is 57.2 Å². The van der Waals surface area contributed by atoms with Crippen molar-refractivity contribution in [3.63, 3.8) is 0 Å². The molecule has 0 amide bonds. The van der Waals surface area contributed by atoms with Gasteiger partial charge in [0.15, 0.2) is 0 Å². The summed E-state index contributed by atoms with van der Waals surface area (Å²) in [6, 6.07) is 0. The Labute approximate surface area is 198 Å². The molecular weight excluding hydrogens is 388 g/mol. The van der Waals surface area contributed by atoms with E-state index in [-0.39, 0.29) is 5.41 Å². The fourth-order valence-electron chi connectivity index (χ4n) is 11.4. The molecule has 0 aliphatic heterocycles. The van der Waals surface area contributed by atoms with Crippen LogP contribution in [0, 0.1) is 57.2 Å². The van der Waals surface area contributed by atoms with Crippen LogP contribution in [0.25, 0.3) is 0 Å². The summed E-state index contributed by atoms with van der Waals surface area (Å²) >= 11 is 0. The van der Waals surface area contributed by atoms with E-state index in [2.05, 4.69) is 48.1 Å². The van der Waals surface area contributed by atoms with Gasteiger partial charge in [-0.05, 0) is 110 Å². The third kappa shape index (κ3) is 2.90. The maximum absolute atomic E-state index is 12.9. The number of carbonyl (C=O) groups is 1. The van der Waals surface area contributed by atoms with Crippen molar-refractivity contribution in [3.8, 4) is 0 Å². The first-order valence-corrected chi connectivity index (χ1v) is 14.2. The van der Waals surface area contributed by atoms with Gasteiger partial charge in [0.1, 0.15) is 5.78 Å². The normalized spacial score (nSPS) is 52.6. The van der Waals surface area contributed by atoms with Crippen LogP contribution in [0.3, 0.4) is 0 Å². The predicted molar refractivity (Wildman–Crippen MR) is 134 cm³/mol. The Balaban J connectivity index is 1.54. The molecule has 5 fully saturated rings. The lowest BCUT2D eigenvalue weighted by Crippen LogP contribution is -2.65. The first-order chi connectivity index (χ1) is 15.0. The van der Waals surface area contributed by atoms with Crippen LogP contribution in [0.15, 0.2) is 12.2 Å². The minimum Gasteiger partial charge on any atom is -0.299 e. The Bertz CT molecular complexity index is 792. The third-order valence-electron chi connectivity index (χ3n) is 13.2. The fourth-order valence-corrected chi connectivity index (χ4v) is 11.4. The molecule has 0 spiro atoms. The van der Waals surface area contributed by atoms with Crippen LogP contribution in [0.1, 0.15) is 119 Å². The third-order valence-corrected chi connectivity index (χ3v) is 13.2. The second kappa shape index (κ2) is 7.45. The highest BCUT2D eigenvalue weighted by Crippen LogP contribution is 2.75. The van der Waals surface area contributed by atoms with Crippen LogP contribution in [-0.2, 0) is 4.79 Å². The van der Waals surface area contributed by atoms with Gasteiger partial charge in [0, 0.05) is 11.8 Å². The second-order valence-corrected chi connectivity index (χ2v) is 14.4. The fraction of sp³-hybridized carbons (Fsp3) is 0.903. The van der Waals surface area contributed by atoms with E-state index in [1.54, 1.807) is 0 Å². The van der Waals surface area contributed by atoms with Gasteiger partial charge in [-0.15, -0.1) is 0 Å². The van der Waals surface area contributed by atoms with Gasteiger partial charge >= 0.3 is 0 Å². The molecule has 5 aliphatic carbocycles. The smallest absolute Gasteiger partial charge is 0.138 e. The zero-order valence-corrected chi connectivity index (χ0v) is 22.1. The average Bonchev–Trinajstić information content (AvgIpc) is 2.94. The standard InChI is InChI=1S/C31H50O/c1-20(2)22-11-9-8-10-21-14-18-30(6)23(27(21)22)12-13-25-29(5)17-16-26(32)28(3,4)24(29)15-19-31(25,30)7/h21-25,27H,1,8-19H2,2-7H3/t21-,22-,23?,24?,25+,27+,29-,30+,31+/m0/s1. The number of hydrogen-bond acceptors (Lipinski definition) is 1. The zero-order valence-electron chi connectivity index (χ0n) is 22.1. The van der Waals surface area contributed by atoms with Gasteiger partial charge in [0.25, 0.3) is 0 Å². The molecule has 180 valence electrons. The van der Waals surface area contributed by atoms with E-state index < -0.39 is 0 Å². The van der Waals surface area contributed by atoms with Crippen LogP contribution < -0.4 is 0 Å². The molecule has 0 aromatic carbocycles. The van der Waals surface area contributed by atoms with E-state index >= 15 is 0 Å². The zero-order chi connectivity index (χ0) is 23.1. The summed E-state index contributed by atoms with van der Waals surface area (Å²) in [4.78, 5) is 12.9. The number of carbonyl (C=O) groups excluding carboxylic acids is 1. The molecule has 0 saturated heterocycles. The van der Waals surface area contributed by atoms with E-state index in [4.69, 9.17) is 0 Å². The minimum absolute atomic E-state index is 0.129. The Morgan fingerprint density at radius 3 is 2.22 bits per heavy atom. The van der Waals surface area contributed by atoms with Crippen molar-refractivity contribution >= 4 is 5.78 Å². The molecule has 9 atom stereocenters. The van der Waals surface area contributed by atoms with E-state index in [1.807, 2.05) is 0 Å².